The van der Waals surface area contributed by atoms with E-state index in [-0.39, 0.29) is 5.91 Å². The molecule has 0 bridgehead atoms. The lowest BCUT2D eigenvalue weighted by molar-refractivity contribution is 0.0952. The topological polar surface area (TPSA) is 68.7 Å². The van der Waals surface area contributed by atoms with Gasteiger partial charge in [0.05, 0.1) is 5.56 Å². The lowest BCUT2D eigenvalue weighted by Crippen LogP contribution is -2.49. The average Bonchev–Trinajstić information content (AvgIpc) is 2.90. The van der Waals surface area contributed by atoms with Crippen molar-refractivity contribution >= 4 is 11.7 Å². The summed E-state index contributed by atoms with van der Waals surface area (Å²) >= 11 is 0. The zero-order valence-corrected chi connectivity index (χ0v) is 22.6. The largest absolute Gasteiger partial charge is 0.396 e. The highest BCUT2D eigenvalue weighted by atomic mass is 16.2. The lowest BCUT2D eigenvalue weighted by atomic mass is 10.0. The van der Waals surface area contributed by atoms with E-state index in [2.05, 4.69) is 33.9 Å². The second-order valence-electron chi connectivity index (χ2n) is 10.3. The van der Waals surface area contributed by atoms with Crippen molar-refractivity contribution in [2.24, 2.45) is 0 Å². The summed E-state index contributed by atoms with van der Waals surface area (Å²) < 4.78 is 0. The SMILES string of the molecule is CCC(C)N1CCN(c2ccc(C(=O)NCCCCCCCCCCCCCCCO)cn2)CC1. The number of nitrogens with zero attached hydrogens (tertiary/aromatic N) is 3. The molecule has 1 saturated heterocycles. The fourth-order valence-corrected chi connectivity index (χ4v) is 4.84. The predicted octanol–water partition coefficient (Wildman–Crippen LogP) is 5.80. The van der Waals surface area contributed by atoms with Crippen molar-refractivity contribution in [2.45, 2.75) is 110 Å². The van der Waals surface area contributed by atoms with Gasteiger partial charge in [0.25, 0.3) is 5.91 Å². The molecule has 1 aliphatic heterocycles. The first kappa shape index (κ1) is 29.6. The molecule has 0 aliphatic carbocycles. The molecule has 1 amide bonds. The van der Waals surface area contributed by atoms with Crippen LogP contribution in [0.1, 0.15) is 114 Å². The van der Waals surface area contributed by atoms with E-state index in [1.54, 1.807) is 6.20 Å². The van der Waals surface area contributed by atoms with Crippen LogP contribution in [0.25, 0.3) is 0 Å². The molecule has 0 saturated carbocycles. The van der Waals surface area contributed by atoms with Crippen molar-refractivity contribution in [1.29, 1.82) is 0 Å². The van der Waals surface area contributed by atoms with E-state index in [9.17, 15) is 4.79 Å². The number of aliphatic hydroxyl groups is 1. The molecule has 1 aromatic heterocycles. The minimum atomic E-state index is -0.0120. The molecule has 1 aromatic rings. The Balaban J connectivity index is 1.46. The third kappa shape index (κ3) is 12.2. The van der Waals surface area contributed by atoms with Gasteiger partial charge in [-0.15, -0.1) is 0 Å². The first-order valence-corrected chi connectivity index (χ1v) is 14.5. The molecular weight excluding hydrogens is 436 g/mol. The van der Waals surface area contributed by atoms with Crippen LogP contribution in [0.2, 0.25) is 0 Å². The molecule has 0 aromatic carbocycles. The highest BCUT2D eigenvalue weighted by molar-refractivity contribution is 5.94. The van der Waals surface area contributed by atoms with Crippen LogP contribution in [0.4, 0.5) is 5.82 Å². The fourth-order valence-electron chi connectivity index (χ4n) is 4.84. The zero-order valence-electron chi connectivity index (χ0n) is 22.6. The van der Waals surface area contributed by atoms with Crippen molar-refractivity contribution < 1.29 is 9.90 Å². The highest BCUT2D eigenvalue weighted by Gasteiger charge is 2.21. The molecule has 200 valence electrons. The van der Waals surface area contributed by atoms with Gasteiger partial charge >= 0.3 is 0 Å². The van der Waals surface area contributed by atoms with Crippen LogP contribution in [0.5, 0.6) is 0 Å². The smallest absolute Gasteiger partial charge is 0.252 e. The van der Waals surface area contributed by atoms with E-state index in [4.69, 9.17) is 5.11 Å². The monoisotopic (exact) mass is 488 g/mol. The molecule has 2 N–H and O–H groups in total. The zero-order chi connectivity index (χ0) is 25.1. The first-order chi connectivity index (χ1) is 17.2. The summed E-state index contributed by atoms with van der Waals surface area (Å²) in [6.07, 6.45) is 19.2. The Labute approximate surface area is 214 Å². The van der Waals surface area contributed by atoms with Gasteiger partial charge in [-0.25, -0.2) is 4.98 Å². The molecule has 6 heteroatoms. The normalized spacial score (nSPS) is 15.3. The number of anilines is 1. The number of carbonyl (C=O) groups excluding carboxylic acids is 1. The number of aromatic nitrogens is 1. The van der Waals surface area contributed by atoms with Crippen LogP contribution in [-0.2, 0) is 0 Å². The van der Waals surface area contributed by atoms with E-state index in [1.165, 1.54) is 77.0 Å². The number of carbonyl (C=O) groups is 1. The van der Waals surface area contributed by atoms with Crippen molar-refractivity contribution in [3.8, 4) is 0 Å². The number of hydrogen-bond donors (Lipinski definition) is 2. The summed E-state index contributed by atoms with van der Waals surface area (Å²) in [5, 5.41) is 11.8. The van der Waals surface area contributed by atoms with E-state index >= 15 is 0 Å². The van der Waals surface area contributed by atoms with Crippen LogP contribution in [0.3, 0.4) is 0 Å². The second-order valence-corrected chi connectivity index (χ2v) is 10.3. The van der Waals surface area contributed by atoms with E-state index < -0.39 is 0 Å². The van der Waals surface area contributed by atoms with Crippen molar-refractivity contribution in [1.82, 2.24) is 15.2 Å². The van der Waals surface area contributed by atoms with Gasteiger partial charge in [0.2, 0.25) is 0 Å². The van der Waals surface area contributed by atoms with E-state index in [1.807, 2.05) is 12.1 Å². The van der Waals surface area contributed by atoms with E-state index in [0.717, 1.165) is 51.4 Å². The van der Waals surface area contributed by atoms with Crippen LogP contribution in [0.15, 0.2) is 18.3 Å². The molecule has 1 fully saturated rings. The van der Waals surface area contributed by atoms with Crippen LogP contribution in [0, 0.1) is 0 Å². The molecule has 1 aliphatic rings. The molecule has 1 unspecified atom stereocenters. The van der Waals surface area contributed by atoms with Gasteiger partial charge in [-0.2, -0.15) is 0 Å². The molecule has 1 atom stereocenters. The molecule has 35 heavy (non-hydrogen) atoms. The number of nitrogens with one attached hydrogen (secondary N) is 1. The number of amides is 1. The maximum atomic E-state index is 12.4. The van der Waals surface area contributed by atoms with Gasteiger partial charge in [0.1, 0.15) is 5.82 Å². The maximum Gasteiger partial charge on any atom is 0.252 e. The molecule has 2 heterocycles. The second kappa shape index (κ2) is 18.6. The van der Waals surface area contributed by atoms with Crippen LogP contribution >= 0.6 is 0 Å². The van der Waals surface area contributed by atoms with Gasteiger partial charge in [-0.05, 0) is 38.3 Å². The van der Waals surface area contributed by atoms with Gasteiger partial charge in [0, 0.05) is 51.6 Å². The Hall–Kier alpha value is -1.66. The number of rotatable bonds is 19. The Morgan fingerprint density at radius 3 is 1.91 bits per heavy atom. The van der Waals surface area contributed by atoms with Gasteiger partial charge in [-0.3, -0.25) is 9.69 Å². The summed E-state index contributed by atoms with van der Waals surface area (Å²) in [5.74, 6) is 0.963. The Morgan fingerprint density at radius 2 is 1.43 bits per heavy atom. The van der Waals surface area contributed by atoms with Crippen molar-refractivity contribution in [2.75, 3.05) is 44.2 Å². The molecular formula is C29H52N4O2. The quantitative estimate of drug-likeness (QED) is 0.241. The highest BCUT2D eigenvalue weighted by Crippen LogP contribution is 2.16. The van der Waals surface area contributed by atoms with Crippen molar-refractivity contribution in [3.05, 3.63) is 23.9 Å². The summed E-state index contributed by atoms with van der Waals surface area (Å²) in [5.41, 5.74) is 0.653. The summed E-state index contributed by atoms with van der Waals surface area (Å²) in [6, 6.07) is 4.55. The number of unbranched alkanes of at least 4 members (excludes halogenated alkanes) is 12. The standard InChI is InChI=1S/C29H52N4O2/c1-3-26(2)32-20-22-33(23-21-32)28-18-17-27(25-31-28)29(35)30-19-15-13-11-9-7-5-4-6-8-10-12-14-16-24-34/h17-18,25-26,34H,3-16,19-24H2,1-2H3,(H,30,35). The van der Waals surface area contributed by atoms with Gasteiger partial charge in [0.15, 0.2) is 0 Å². The summed E-state index contributed by atoms with van der Waals surface area (Å²) in [6.45, 7) is 9.77. The number of pyridine rings is 1. The molecule has 2 rings (SSSR count). The Kier molecular flexibility index (Phi) is 15.7. The number of hydrogen-bond acceptors (Lipinski definition) is 5. The van der Waals surface area contributed by atoms with Gasteiger partial charge in [-0.1, -0.05) is 77.6 Å². The maximum absolute atomic E-state index is 12.4. The lowest BCUT2D eigenvalue weighted by Gasteiger charge is -2.38. The third-order valence-corrected chi connectivity index (χ3v) is 7.48. The predicted molar refractivity (Wildman–Crippen MR) is 147 cm³/mol. The fraction of sp³-hybridized carbons (Fsp3) is 0.793. The summed E-state index contributed by atoms with van der Waals surface area (Å²) in [4.78, 5) is 21.9. The van der Waals surface area contributed by atoms with Crippen molar-refractivity contribution in [3.63, 3.8) is 0 Å². The molecule has 0 radical (unpaired) electrons. The minimum absolute atomic E-state index is 0.0120. The minimum Gasteiger partial charge on any atom is -0.396 e. The summed E-state index contributed by atoms with van der Waals surface area (Å²) in [7, 11) is 0. The molecule has 0 spiro atoms. The van der Waals surface area contributed by atoms with Crippen LogP contribution in [-0.4, -0.2) is 66.3 Å². The van der Waals surface area contributed by atoms with Gasteiger partial charge < -0.3 is 15.3 Å². The third-order valence-electron chi connectivity index (χ3n) is 7.48. The number of piperazine rings is 1. The Bertz CT molecular complexity index is 659. The van der Waals surface area contributed by atoms with E-state index in [0.29, 0.717) is 18.2 Å². The first-order valence-electron chi connectivity index (χ1n) is 14.5. The number of aliphatic hydroxyl groups excluding tert-OH is 1. The average molecular weight is 489 g/mol. The molecule has 6 nitrogen and oxygen atoms in total. The Morgan fingerprint density at radius 1 is 0.886 bits per heavy atom. The van der Waals surface area contributed by atoms with Crippen LogP contribution < -0.4 is 10.2 Å².